The lowest BCUT2D eigenvalue weighted by atomic mass is 9.89. The van der Waals surface area contributed by atoms with Crippen LogP contribution in [-0.4, -0.2) is 45.3 Å². The summed E-state index contributed by atoms with van der Waals surface area (Å²) in [6.07, 6.45) is 2.01. The lowest BCUT2D eigenvalue weighted by molar-refractivity contribution is -0.131. The zero-order valence-electron chi connectivity index (χ0n) is 13.4. The van der Waals surface area contributed by atoms with Gasteiger partial charge >= 0.3 is 5.97 Å². The number of rotatable bonds is 4. The van der Waals surface area contributed by atoms with Gasteiger partial charge in [0.2, 0.25) is 5.91 Å². The summed E-state index contributed by atoms with van der Waals surface area (Å²) in [7, 11) is 0. The van der Waals surface area contributed by atoms with Crippen molar-refractivity contribution in [1.82, 2.24) is 15.2 Å². The summed E-state index contributed by atoms with van der Waals surface area (Å²) in [5, 5.41) is 16.6. The number of benzene rings is 1. The summed E-state index contributed by atoms with van der Waals surface area (Å²) >= 11 is 0. The number of carboxylic acid groups (broad SMARTS) is 1. The third kappa shape index (κ3) is 3.45. The fourth-order valence-corrected chi connectivity index (χ4v) is 3.07. The van der Waals surface area contributed by atoms with Crippen LogP contribution in [0.25, 0.3) is 0 Å². The molecule has 0 saturated carbocycles. The van der Waals surface area contributed by atoms with Gasteiger partial charge in [0, 0.05) is 19.0 Å². The number of aryl methyl sites for hydroxylation is 1. The predicted molar refractivity (Wildman–Crippen MR) is 84.7 cm³/mol. The number of aromatic nitrogens is 2. The Morgan fingerprint density at radius 1 is 1.38 bits per heavy atom. The molecule has 1 aliphatic rings. The van der Waals surface area contributed by atoms with Crippen molar-refractivity contribution in [3.8, 4) is 0 Å². The van der Waals surface area contributed by atoms with Crippen LogP contribution in [0, 0.1) is 6.92 Å². The molecule has 0 bridgehead atoms. The van der Waals surface area contributed by atoms with E-state index in [1.165, 1.54) is 0 Å². The molecule has 2 heterocycles. The first-order valence-electron chi connectivity index (χ1n) is 7.93. The fraction of sp³-hybridized carbons (Fsp3) is 0.412. The molecule has 0 radical (unpaired) electrons. The Morgan fingerprint density at radius 3 is 2.92 bits per heavy atom. The largest absolute Gasteiger partial charge is 0.478 e. The summed E-state index contributed by atoms with van der Waals surface area (Å²) < 4.78 is 4.63. The second-order valence-corrected chi connectivity index (χ2v) is 6.08. The minimum absolute atomic E-state index is 0.00658. The van der Waals surface area contributed by atoms with Gasteiger partial charge in [-0.1, -0.05) is 22.4 Å². The second-order valence-electron chi connectivity index (χ2n) is 6.08. The van der Waals surface area contributed by atoms with Gasteiger partial charge < -0.3 is 10.0 Å². The number of aromatic carboxylic acids is 1. The summed E-state index contributed by atoms with van der Waals surface area (Å²) in [4.78, 5) is 25.4. The number of amides is 1. The van der Waals surface area contributed by atoms with Crippen LogP contribution in [0.2, 0.25) is 0 Å². The molecule has 126 valence electrons. The van der Waals surface area contributed by atoms with E-state index >= 15 is 0 Å². The monoisotopic (exact) mass is 329 g/mol. The molecular weight excluding hydrogens is 310 g/mol. The molecule has 1 fully saturated rings. The molecule has 2 aromatic rings. The highest BCUT2D eigenvalue weighted by molar-refractivity contribution is 5.87. The van der Waals surface area contributed by atoms with E-state index in [0.29, 0.717) is 24.5 Å². The Morgan fingerprint density at radius 2 is 2.21 bits per heavy atom. The normalized spacial score (nSPS) is 17.7. The Balaban J connectivity index is 1.70. The van der Waals surface area contributed by atoms with Gasteiger partial charge in [-0.05, 0) is 37.5 Å². The Kier molecular flexibility index (Phi) is 4.59. The number of hydrogen-bond donors (Lipinski definition) is 1. The topological polar surface area (TPSA) is 96.5 Å². The molecule has 24 heavy (non-hydrogen) atoms. The molecule has 1 unspecified atom stereocenters. The molecule has 7 nitrogen and oxygen atoms in total. The van der Waals surface area contributed by atoms with Crippen molar-refractivity contribution in [2.75, 3.05) is 13.1 Å². The molecule has 1 aromatic carbocycles. The molecule has 1 N–H and O–H groups in total. The van der Waals surface area contributed by atoms with Crippen LogP contribution in [0.5, 0.6) is 0 Å². The van der Waals surface area contributed by atoms with Crippen molar-refractivity contribution in [2.24, 2.45) is 0 Å². The Hall–Kier alpha value is -2.70. The van der Waals surface area contributed by atoms with E-state index in [0.717, 1.165) is 18.4 Å². The molecule has 3 rings (SSSR count). The first-order chi connectivity index (χ1) is 11.5. The molecule has 1 amide bonds. The average Bonchev–Trinajstić information content (AvgIpc) is 3.00. The minimum Gasteiger partial charge on any atom is -0.478 e. The van der Waals surface area contributed by atoms with E-state index in [4.69, 9.17) is 5.11 Å². The average molecular weight is 329 g/mol. The van der Waals surface area contributed by atoms with Crippen molar-refractivity contribution < 1.29 is 19.3 Å². The fourth-order valence-electron chi connectivity index (χ4n) is 3.07. The van der Waals surface area contributed by atoms with Crippen LogP contribution in [-0.2, 0) is 11.2 Å². The number of hydrogen-bond acceptors (Lipinski definition) is 5. The number of likely N-dealkylation sites (tertiary alicyclic amines) is 1. The van der Waals surface area contributed by atoms with Gasteiger partial charge in [0.25, 0.3) is 0 Å². The highest BCUT2D eigenvalue weighted by Gasteiger charge is 2.26. The maximum Gasteiger partial charge on any atom is 0.335 e. The number of nitrogens with zero attached hydrogens (tertiary/aromatic N) is 3. The van der Waals surface area contributed by atoms with E-state index in [1.807, 2.05) is 11.0 Å². The van der Waals surface area contributed by atoms with Crippen LogP contribution >= 0.6 is 0 Å². The van der Waals surface area contributed by atoms with E-state index < -0.39 is 5.97 Å². The standard InChI is InChI=1S/C17H19N3O4/c1-11-15(19-24-18-11)9-16(21)20-7-3-6-14(10-20)12-4-2-5-13(8-12)17(22)23/h2,4-5,8,14H,3,6-7,9-10H2,1H3,(H,22,23). The van der Waals surface area contributed by atoms with E-state index in [2.05, 4.69) is 14.9 Å². The number of carbonyl (C=O) groups is 2. The quantitative estimate of drug-likeness (QED) is 0.922. The molecule has 1 aromatic heterocycles. The van der Waals surface area contributed by atoms with Crippen molar-refractivity contribution in [3.63, 3.8) is 0 Å². The summed E-state index contributed by atoms with van der Waals surface area (Å²) in [6.45, 7) is 3.06. The summed E-state index contributed by atoms with van der Waals surface area (Å²) in [5.74, 6) is -0.791. The summed E-state index contributed by atoms with van der Waals surface area (Å²) in [6, 6.07) is 6.96. The highest BCUT2D eigenvalue weighted by Crippen LogP contribution is 2.28. The van der Waals surface area contributed by atoms with E-state index in [1.54, 1.807) is 25.1 Å². The first-order valence-corrected chi connectivity index (χ1v) is 7.93. The zero-order chi connectivity index (χ0) is 17.1. The predicted octanol–water partition coefficient (Wildman–Crippen LogP) is 2.02. The van der Waals surface area contributed by atoms with Crippen LogP contribution in [0.4, 0.5) is 0 Å². The molecule has 0 aliphatic carbocycles. The van der Waals surface area contributed by atoms with Crippen molar-refractivity contribution in [3.05, 3.63) is 46.8 Å². The van der Waals surface area contributed by atoms with Crippen molar-refractivity contribution >= 4 is 11.9 Å². The van der Waals surface area contributed by atoms with Crippen LogP contribution in [0.3, 0.4) is 0 Å². The van der Waals surface area contributed by atoms with Gasteiger partial charge in [-0.15, -0.1) is 0 Å². The first kappa shape index (κ1) is 16.2. The zero-order valence-corrected chi connectivity index (χ0v) is 13.4. The van der Waals surface area contributed by atoms with Crippen LogP contribution in [0.15, 0.2) is 28.9 Å². The molecular formula is C17H19N3O4. The highest BCUT2D eigenvalue weighted by atomic mass is 16.6. The smallest absolute Gasteiger partial charge is 0.335 e. The molecule has 0 spiro atoms. The van der Waals surface area contributed by atoms with Gasteiger partial charge in [-0.3, -0.25) is 4.79 Å². The van der Waals surface area contributed by atoms with Crippen LogP contribution in [0.1, 0.15) is 46.1 Å². The lowest BCUT2D eigenvalue weighted by Gasteiger charge is -2.33. The maximum absolute atomic E-state index is 12.5. The third-order valence-electron chi connectivity index (χ3n) is 4.44. The molecule has 7 heteroatoms. The van der Waals surface area contributed by atoms with Crippen molar-refractivity contribution in [1.29, 1.82) is 0 Å². The Bertz CT molecular complexity index is 756. The van der Waals surface area contributed by atoms with Gasteiger partial charge in [-0.25, -0.2) is 9.42 Å². The maximum atomic E-state index is 12.5. The van der Waals surface area contributed by atoms with Gasteiger partial charge in [0.1, 0.15) is 11.4 Å². The molecule has 1 saturated heterocycles. The summed E-state index contributed by atoms with van der Waals surface area (Å²) in [5.41, 5.74) is 2.44. The van der Waals surface area contributed by atoms with Crippen LogP contribution < -0.4 is 0 Å². The third-order valence-corrected chi connectivity index (χ3v) is 4.44. The van der Waals surface area contributed by atoms with E-state index in [-0.39, 0.29) is 23.8 Å². The Labute approximate surface area is 139 Å². The van der Waals surface area contributed by atoms with E-state index in [9.17, 15) is 9.59 Å². The molecule has 1 aliphatic heterocycles. The minimum atomic E-state index is -0.936. The van der Waals surface area contributed by atoms with Gasteiger partial charge in [0.05, 0.1) is 12.0 Å². The molecule has 1 atom stereocenters. The lowest BCUT2D eigenvalue weighted by Crippen LogP contribution is -2.40. The van der Waals surface area contributed by atoms with Crippen molar-refractivity contribution in [2.45, 2.75) is 32.1 Å². The number of carboxylic acids is 1. The van der Waals surface area contributed by atoms with Gasteiger partial charge in [-0.2, -0.15) is 0 Å². The number of carbonyl (C=O) groups excluding carboxylic acids is 1. The van der Waals surface area contributed by atoms with Gasteiger partial charge in [0.15, 0.2) is 0 Å². The SMILES string of the molecule is Cc1nonc1CC(=O)N1CCCC(c2cccc(C(=O)O)c2)C1. The second kappa shape index (κ2) is 6.82. The number of piperidine rings is 1.